The molecule has 0 aliphatic carbocycles. The van der Waals surface area contributed by atoms with Crippen LogP contribution in [0.25, 0.3) is 0 Å². The van der Waals surface area contributed by atoms with Crippen molar-refractivity contribution in [2.45, 2.75) is 33.2 Å². The molecule has 0 heterocycles. The molecule has 0 spiro atoms. The summed E-state index contributed by atoms with van der Waals surface area (Å²) in [6.45, 7) is 6.22. The van der Waals surface area contributed by atoms with E-state index >= 15 is 0 Å². The van der Waals surface area contributed by atoms with Gasteiger partial charge in [0, 0.05) is 11.6 Å². The van der Waals surface area contributed by atoms with Crippen LogP contribution in [0.5, 0.6) is 0 Å². The third-order valence-corrected chi connectivity index (χ3v) is 2.77. The third-order valence-electron chi connectivity index (χ3n) is 2.77. The standard InChI is InChI=1S/C15H21NO3/c1-10(2)9-11(3)16-14(17)12-5-7-13(8-6-12)15(18)19-4/h5-8,10-11H,9H2,1-4H3,(H,16,17)/t11-/m0/s1. The Morgan fingerprint density at radius 3 is 2.11 bits per heavy atom. The molecule has 1 atom stereocenters. The zero-order chi connectivity index (χ0) is 14.4. The predicted octanol–water partition coefficient (Wildman–Crippen LogP) is 2.64. The van der Waals surface area contributed by atoms with Gasteiger partial charge in [-0.15, -0.1) is 0 Å². The van der Waals surface area contributed by atoms with E-state index in [1.165, 1.54) is 7.11 Å². The first kappa shape index (κ1) is 15.2. The van der Waals surface area contributed by atoms with Gasteiger partial charge in [-0.1, -0.05) is 13.8 Å². The van der Waals surface area contributed by atoms with Crippen molar-refractivity contribution in [2.24, 2.45) is 5.92 Å². The second-order valence-corrected chi connectivity index (χ2v) is 5.07. The molecular weight excluding hydrogens is 242 g/mol. The van der Waals surface area contributed by atoms with Gasteiger partial charge < -0.3 is 10.1 Å². The lowest BCUT2D eigenvalue weighted by Crippen LogP contribution is -2.33. The molecule has 4 heteroatoms. The first-order valence-corrected chi connectivity index (χ1v) is 6.43. The first-order valence-electron chi connectivity index (χ1n) is 6.43. The minimum atomic E-state index is -0.403. The number of esters is 1. The number of ether oxygens (including phenoxy) is 1. The van der Waals surface area contributed by atoms with Crippen molar-refractivity contribution >= 4 is 11.9 Å². The van der Waals surface area contributed by atoms with Gasteiger partial charge in [0.25, 0.3) is 5.91 Å². The molecule has 0 aromatic heterocycles. The Bertz CT molecular complexity index is 437. The lowest BCUT2D eigenvalue weighted by atomic mass is 10.0. The van der Waals surface area contributed by atoms with Crippen molar-refractivity contribution in [3.63, 3.8) is 0 Å². The van der Waals surface area contributed by atoms with E-state index in [4.69, 9.17) is 0 Å². The lowest BCUT2D eigenvalue weighted by Gasteiger charge is -2.16. The molecule has 19 heavy (non-hydrogen) atoms. The van der Waals surface area contributed by atoms with Gasteiger partial charge in [-0.2, -0.15) is 0 Å². The minimum Gasteiger partial charge on any atom is -0.465 e. The third kappa shape index (κ3) is 4.73. The summed E-state index contributed by atoms with van der Waals surface area (Å²) < 4.78 is 4.61. The highest BCUT2D eigenvalue weighted by atomic mass is 16.5. The van der Waals surface area contributed by atoms with Crippen molar-refractivity contribution < 1.29 is 14.3 Å². The maximum absolute atomic E-state index is 12.0. The predicted molar refractivity (Wildman–Crippen MR) is 74.2 cm³/mol. The number of rotatable bonds is 5. The zero-order valence-corrected chi connectivity index (χ0v) is 11.9. The molecule has 0 aliphatic rings. The van der Waals surface area contributed by atoms with Gasteiger partial charge in [0.15, 0.2) is 0 Å². The summed E-state index contributed by atoms with van der Waals surface area (Å²) >= 11 is 0. The zero-order valence-electron chi connectivity index (χ0n) is 11.9. The van der Waals surface area contributed by atoms with Crippen molar-refractivity contribution in [3.05, 3.63) is 35.4 Å². The van der Waals surface area contributed by atoms with E-state index in [1.807, 2.05) is 6.92 Å². The van der Waals surface area contributed by atoms with Crippen LogP contribution >= 0.6 is 0 Å². The lowest BCUT2D eigenvalue weighted by molar-refractivity contribution is 0.0600. The fourth-order valence-corrected chi connectivity index (χ4v) is 1.95. The molecule has 104 valence electrons. The van der Waals surface area contributed by atoms with Gasteiger partial charge in [0.05, 0.1) is 12.7 Å². The summed E-state index contributed by atoms with van der Waals surface area (Å²) in [5.74, 6) is 0.0155. The van der Waals surface area contributed by atoms with Crippen molar-refractivity contribution in [2.75, 3.05) is 7.11 Å². The summed E-state index contributed by atoms with van der Waals surface area (Å²) in [6, 6.07) is 6.57. The Balaban J connectivity index is 2.65. The van der Waals surface area contributed by atoms with Crippen LogP contribution in [0.4, 0.5) is 0 Å². The Kier molecular flexibility index (Phi) is 5.55. The van der Waals surface area contributed by atoms with Gasteiger partial charge in [-0.3, -0.25) is 4.79 Å². The normalized spacial score (nSPS) is 12.1. The fourth-order valence-electron chi connectivity index (χ4n) is 1.95. The van der Waals surface area contributed by atoms with Gasteiger partial charge in [-0.05, 0) is 43.5 Å². The molecule has 0 unspecified atom stereocenters. The topological polar surface area (TPSA) is 55.4 Å². The molecule has 1 amide bonds. The SMILES string of the molecule is COC(=O)c1ccc(C(=O)N[C@@H](C)CC(C)C)cc1. The maximum Gasteiger partial charge on any atom is 0.337 e. The first-order chi connectivity index (χ1) is 8.93. The molecule has 0 saturated carbocycles. The van der Waals surface area contributed by atoms with Crippen molar-refractivity contribution in [1.82, 2.24) is 5.32 Å². The van der Waals surface area contributed by atoms with Crippen molar-refractivity contribution in [3.8, 4) is 0 Å². The summed E-state index contributed by atoms with van der Waals surface area (Å²) in [5, 5.41) is 2.94. The van der Waals surface area contributed by atoms with E-state index in [9.17, 15) is 9.59 Å². The summed E-state index contributed by atoms with van der Waals surface area (Å²) in [6.07, 6.45) is 0.936. The van der Waals surface area contributed by atoms with Gasteiger partial charge >= 0.3 is 5.97 Å². The monoisotopic (exact) mass is 263 g/mol. The van der Waals surface area contributed by atoms with Gasteiger partial charge in [0.1, 0.15) is 0 Å². The van der Waals surface area contributed by atoms with Gasteiger partial charge in [-0.25, -0.2) is 4.79 Å². The molecule has 0 fully saturated rings. The smallest absolute Gasteiger partial charge is 0.337 e. The van der Waals surface area contributed by atoms with Crippen LogP contribution in [0.2, 0.25) is 0 Å². The number of nitrogens with one attached hydrogen (secondary N) is 1. The molecule has 1 aromatic rings. The molecule has 4 nitrogen and oxygen atoms in total. The molecule has 0 saturated heterocycles. The molecule has 1 rings (SSSR count). The van der Waals surface area contributed by atoms with E-state index in [0.717, 1.165) is 6.42 Å². The molecular formula is C15H21NO3. The number of amides is 1. The Morgan fingerprint density at radius 1 is 1.11 bits per heavy atom. The highest BCUT2D eigenvalue weighted by molar-refractivity contribution is 5.96. The van der Waals surface area contributed by atoms with E-state index < -0.39 is 5.97 Å². The van der Waals surface area contributed by atoms with E-state index in [1.54, 1.807) is 24.3 Å². The Hall–Kier alpha value is -1.84. The molecule has 1 N–H and O–H groups in total. The van der Waals surface area contributed by atoms with Crippen LogP contribution < -0.4 is 5.32 Å². The number of carbonyl (C=O) groups is 2. The largest absolute Gasteiger partial charge is 0.465 e. The van der Waals surface area contributed by atoms with E-state index in [0.29, 0.717) is 17.0 Å². The molecule has 0 radical (unpaired) electrons. The fraction of sp³-hybridized carbons (Fsp3) is 0.467. The minimum absolute atomic E-state index is 0.121. The highest BCUT2D eigenvalue weighted by Gasteiger charge is 2.12. The Labute approximate surface area is 114 Å². The Morgan fingerprint density at radius 2 is 1.63 bits per heavy atom. The summed E-state index contributed by atoms with van der Waals surface area (Å²) in [4.78, 5) is 23.2. The van der Waals surface area contributed by atoms with Crippen LogP contribution in [0.3, 0.4) is 0 Å². The van der Waals surface area contributed by atoms with Crippen LogP contribution in [-0.4, -0.2) is 25.0 Å². The molecule has 1 aromatic carbocycles. The second kappa shape index (κ2) is 6.92. The summed E-state index contributed by atoms with van der Waals surface area (Å²) in [5.41, 5.74) is 0.984. The van der Waals surface area contributed by atoms with Crippen LogP contribution in [0.1, 0.15) is 47.9 Å². The van der Waals surface area contributed by atoms with Crippen LogP contribution in [0, 0.1) is 5.92 Å². The number of benzene rings is 1. The second-order valence-electron chi connectivity index (χ2n) is 5.07. The van der Waals surface area contributed by atoms with E-state index in [-0.39, 0.29) is 11.9 Å². The average Bonchev–Trinajstić information content (AvgIpc) is 2.36. The van der Waals surface area contributed by atoms with E-state index in [2.05, 4.69) is 23.9 Å². The maximum atomic E-state index is 12.0. The molecule has 0 bridgehead atoms. The average molecular weight is 263 g/mol. The van der Waals surface area contributed by atoms with Gasteiger partial charge in [0.2, 0.25) is 0 Å². The number of methoxy groups -OCH3 is 1. The number of hydrogen-bond acceptors (Lipinski definition) is 3. The van der Waals surface area contributed by atoms with Crippen LogP contribution in [0.15, 0.2) is 24.3 Å². The number of hydrogen-bond donors (Lipinski definition) is 1. The quantitative estimate of drug-likeness (QED) is 0.831. The van der Waals surface area contributed by atoms with Crippen molar-refractivity contribution in [1.29, 1.82) is 0 Å². The number of carbonyl (C=O) groups excluding carboxylic acids is 2. The van der Waals surface area contributed by atoms with Crippen LogP contribution in [-0.2, 0) is 4.74 Å². The molecule has 0 aliphatic heterocycles. The summed E-state index contributed by atoms with van der Waals surface area (Å²) in [7, 11) is 1.33. The highest BCUT2D eigenvalue weighted by Crippen LogP contribution is 2.08.